The third kappa shape index (κ3) is 2.80. The van der Waals surface area contributed by atoms with E-state index >= 15 is 0 Å². The number of aromatic nitrogens is 4. The average molecular weight is 349 g/mol. The number of hydrogen-bond acceptors (Lipinski definition) is 5. The molecular formula is C16H14F3N5O. The standard InChI is InChI=1S/C16H14F3N5O/c17-16(18,19)10-3-1-2-9(4-10)12-5-11(25)6-24(12)15-13-14(21-7-20-13)22-8-23-15/h1-4,7-8,11-12,25H,5-6H2,(H,20,21,22,23)/t11-,12-/m1/s1. The molecule has 1 aromatic carbocycles. The van der Waals surface area contributed by atoms with E-state index in [4.69, 9.17) is 0 Å². The predicted molar refractivity (Wildman–Crippen MR) is 83.8 cm³/mol. The summed E-state index contributed by atoms with van der Waals surface area (Å²) in [5.74, 6) is 0.515. The zero-order valence-corrected chi connectivity index (χ0v) is 12.9. The van der Waals surface area contributed by atoms with Crippen LogP contribution in [0.25, 0.3) is 11.2 Å². The molecule has 0 saturated carbocycles. The van der Waals surface area contributed by atoms with Gasteiger partial charge in [-0.1, -0.05) is 12.1 Å². The lowest BCUT2D eigenvalue weighted by Gasteiger charge is -2.26. The van der Waals surface area contributed by atoms with Crippen molar-refractivity contribution in [3.05, 3.63) is 48.0 Å². The maximum absolute atomic E-state index is 13.0. The molecule has 4 rings (SSSR count). The van der Waals surface area contributed by atoms with E-state index in [9.17, 15) is 18.3 Å². The normalized spacial score (nSPS) is 21.2. The third-order valence-corrected chi connectivity index (χ3v) is 4.35. The number of fused-ring (bicyclic) bond motifs is 1. The molecule has 0 bridgehead atoms. The molecule has 1 aliphatic rings. The number of alkyl halides is 3. The smallest absolute Gasteiger partial charge is 0.391 e. The van der Waals surface area contributed by atoms with E-state index in [1.54, 1.807) is 11.0 Å². The van der Waals surface area contributed by atoms with Crippen LogP contribution in [0.15, 0.2) is 36.9 Å². The first-order valence-electron chi connectivity index (χ1n) is 7.69. The molecule has 0 aliphatic carbocycles. The van der Waals surface area contributed by atoms with E-state index in [2.05, 4.69) is 19.9 Å². The molecule has 2 N–H and O–H groups in total. The van der Waals surface area contributed by atoms with Crippen molar-refractivity contribution in [1.82, 2.24) is 19.9 Å². The van der Waals surface area contributed by atoms with Gasteiger partial charge in [0, 0.05) is 6.54 Å². The van der Waals surface area contributed by atoms with Crippen LogP contribution in [-0.2, 0) is 6.18 Å². The summed E-state index contributed by atoms with van der Waals surface area (Å²) < 4.78 is 39.1. The number of aromatic amines is 1. The van der Waals surface area contributed by atoms with Crippen molar-refractivity contribution in [3.8, 4) is 0 Å². The highest BCUT2D eigenvalue weighted by atomic mass is 19.4. The summed E-state index contributed by atoms with van der Waals surface area (Å²) in [6, 6.07) is 4.76. The molecule has 1 aliphatic heterocycles. The van der Waals surface area contributed by atoms with Gasteiger partial charge in [-0.3, -0.25) is 0 Å². The Balaban J connectivity index is 1.77. The summed E-state index contributed by atoms with van der Waals surface area (Å²) in [5, 5.41) is 10.1. The van der Waals surface area contributed by atoms with Gasteiger partial charge in [-0.15, -0.1) is 0 Å². The first-order chi connectivity index (χ1) is 11.9. The monoisotopic (exact) mass is 349 g/mol. The zero-order chi connectivity index (χ0) is 17.6. The number of hydrogen-bond donors (Lipinski definition) is 2. The Morgan fingerprint density at radius 3 is 2.84 bits per heavy atom. The van der Waals surface area contributed by atoms with Crippen molar-refractivity contribution in [1.29, 1.82) is 0 Å². The van der Waals surface area contributed by atoms with Crippen molar-refractivity contribution in [2.24, 2.45) is 0 Å². The Kier molecular flexibility index (Phi) is 3.60. The molecule has 6 nitrogen and oxygen atoms in total. The Morgan fingerprint density at radius 1 is 1.20 bits per heavy atom. The van der Waals surface area contributed by atoms with Gasteiger partial charge in [-0.25, -0.2) is 15.0 Å². The number of aliphatic hydroxyl groups excluding tert-OH is 1. The summed E-state index contributed by atoms with van der Waals surface area (Å²) in [7, 11) is 0. The van der Waals surface area contributed by atoms with Crippen LogP contribution >= 0.6 is 0 Å². The van der Waals surface area contributed by atoms with Crippen LogP contribution in [0.3, 0.4) is 0 Å². The van der Waals surface area contributed by atoms with Crippen LogP contribution in [-0.4, -0.2) is 37.7 Å². The number of benzene rings is 1. The van der Waals surface area contributed by atoms with Gasteiger partial charge in [0.05, 0.1) is 24.0 Å². The quantitative estimate of drug-likeness (QED) is 0.744. The largest absolute Gasteiger partial charge is 0.416 e. The molecule has 2 aromatic heterocycles. The Morgan fingerprint density at radius 2 is 2.04 bits per heavy atom. The Labute approximate surface area is 140 Å². The molecule has 25 heavy (non-hydrogen) atoms. The third-order valence-electron chi connectivity index (χ3n) is 4.35. The SMILES string of the molecule is O[C@@H]1C[C@H](c2cccc(C(F)(F)F)c2)N(c2ncnc3nc[nH]c23)C1. The Hall–Kier alpha value is -2.68. The number of anilines is 1. The van der Waals surface area contributed by atoms with Crippen molar-refractivity contribution < 1.29 is 18.3 Å². The molecule has 0 amide bonds. The van der Waals surface area contributed by atoms with Gasteiger partial charge in [-0.05, 0) is 24.1 Å². The van der Waals surface area contributed by atoms with Gasteiger partial charge in [0.1, 0.15) is 11.8 Å². The number of imidazole rings is 1. The maximum atomic E-state index is 13.0. The fraction of sp³-hybridized carbons (Fsp3) is 0.312. The number of β-amino-alcohol motifs (C(OH)–C–C–N with tert-alkyl or cyclic N) is 1. The number of rotatable bonds is 2. The molecule has 1 saturated heterocycles. The number of nitrogens with one attached hydrogen (secondary N) is 1. The second kappa shape index (κ2) is 5.69. The first-order valence-corrected chi connectivity index (χ1v) is 7.69. The van der Waals surface area contributed by atoms with E-state index in [1.807, 2.05) is 0 Å². The maximum Gasteiger partial charge on any atom is 0.416 e. The second-order valence-electron chi connectivity index (χ2n) is 5.98. The fourth-order valence-corrected chi connectivity index (χ4v) is 3.26. The van der Waals surface area contributed by atoms with E-state index in [0.717, 1.165) is 12.1 Å². The molecule has 9 heteroatoms. The van der Waals surface area contributed by atoms with Crippen molar-refractivity contribution in [3.63, 3.8) is 0 Å². The minimum atomic E-state index is -4.41. The summed E-state index contributed by atoms with van der Waals surface area (Å²) in [4.78, 5) is 17.1. The lowest BCUT2D eigenvalue weighted by Crippen LogP contribution is -2.25. The van der Waals surface area contributed by atoms with Crippen molar-refractivity contribution in [2.75, 3.05) is 11.4 Å². The lowest BCUT2D eigenvalue weighted by atomic mass is 10.0. The highest BCUT2D eigenvalue weighted by molar-refractivity contribution is 5.83. The molecule has 0 unspecified atom stereocenters. The summed E-state index contributed by atoms with van der Waals surface area (Å²) in [5.41, 5.74) is 0.834. The van der Waals surface area contributed by atoms with Crippen LogP contribution in [0.5, 0.6) is 0 Å². The second-order valence-corrected chi connectivity index (χ2v) is 5.98. The fourth-order valence-electron chi connectivity index (χ4n) is 3.26. The lowest BCUT2D eigenvalue weighted by molar-refractivity contribution is -0.137. The van der Waals surface area contributed by atoms with E-state index in [1.165, 1.54) is 18.7 Å². The van der Waals surface area contributed by atoms with Gasteiger partial charge in [0.25, 0.3) is 0 Å². The molecule has 3 heterocycles. The highest BCUT2D eigenvalue weighted by Crippen LogP contribution is 2.39. The summed E-state index contributed by atoms with van der Waals surface area (Å²) >= 11 is 0. The van der Waals surface area contributed by atoms with Crippen LogP contribution in [0, 0.1) is 0 Å². The number of H-pyrrole nitrogens is 1. The number of nitrogens with zero attached hydrogens (tertiary/aromatic N) is 4. The van der Waals surface area contributed by atoms with Gasteiger partial charge in [0.2, 0.25) is 0 Å². The predicted octanol–water partition coefficient (Wildman–Crippen LogP) is 2.68. The molecule has 2 atom stereocenters. The summed E-state index contributed by atoms with van der Waals surface area (Å²) in [6.07, 6.45) is -1.92. The van der Waals surface area contributed by atoms with Gasteiger partial charge in [-0.2, -0.15) is 13.2 Å². The van der Waals surface area contributed by atoms with Crippen molar-refractivity contribution >= 4 is 17.0 Å². The minimum Gasteiger partial charge on any atom is -0.391 e. The zero-order valence-electron chi connectivity index (χ0n) is 12.9. The van der Waals surface area contributed by atoms with E-state index in [-0.39, 0.29) is 6.54 Å². The summed E-state index contributed by atoms with van der Waals surface area (Å²) in [6.45, 7) is 0.270. The molecule has 1 fully saturated rings. The van der Waals surface area contributed by atoms with E-state index in [0.29, 0.717) is 29.0 Å². The molecule has 0 radical (unpaired) electrons. The van der Waals surface area contributed by atoms with Crippen LogP contribution < -0.4 is 4.90 Å². The van der Waals surface area contributed by atoms with Gasteiger partial charge in [0.15, 0.2) is 11.5 Å². The van der Waals surface area contributed by atoms with Crippen LogP contribution in [0.4, 0.5) is 19.0 Å². The topological polar surface area (TPSA) is 77.9 Å². The molecular weight excluding hydrogens is 335 g/mol. The van der Waals surface area contributed by atoms with Crippen LogP contribution in [0.1, 0.15) is 23.6 Å². The molecule has 3 aromatic rings. The van der Waals surface area contributed by atoms with Crippen molar-refractivity contribution in [2.45, 2.75) is 24.7 Å². The highest BCUT2D eigenvalue weighted by Gasteiger charge is 2.36. The molecule has 130 valence electrons. The van der Waals surface area contributed by atoms with Gasteiger partial charge < -0.3 is 15.0 Å². The minimum absolute atomic E-state index is 0.270. The van der Waals surface area contributed by atoms with Crippen LogP contribution in [0.2, 0.25) is 0 Å². The molecule has 0 spiro atoms. The first kappa shape index (κ1) is 15.8. The number of aliphatic hydroxyl groups is 1. The van der Waals surface area contributed by atoms with E-state index < -0.39 is 23.9 Å². The number of halogens is 3. The average Bonchev–Trinajstić information content (AvgIpc) is 3.20. The van der Waals surface area contributed by atoms with Gasteiger partial charge >= 0.3 is 6.18 Å². The Bertz CT molecular complexity index is 910.